The monoisotopic (exact) mass is 445 g/mol. The minimum Gasteiger partial charge on any atom is -0.497 e. The van der Waals surface area contributed by atoms with Gasteiger partial charge in [0.05, 0.1) is 7.11 Å². The van der Waals surface area contributed by atoms with Crippen LogP contribution >= 0.6 is 0 Å². The quantitative estimate of drug-likeness (QED) is 0.388. The number of aryl methyl sites for hydroxylation is 1. The van der Waals surface area contributed by atoms with E-state index < -0.39 is 12.0 Å². The Bertz CT molecular complexity index is 1160. The van der Waals surface area contributed by atoms with E-state index >= 15 is 0 Å². The Hall–Kier alpha value is -4.02. The number of aliphatic hydroxyl groups is 1. The van der Waals surface area contributed by atoms with Crippen LogP contribution in [0.2, 0.25) is 0 Å². The van der Waals surface area contributed by atoms with E-state index in [1.807, 2.05) is 73.0 Å². The van der Waals surface area contributed by atoms with Crippen molar-refractivity contribution in [2.24, 2.45) is 0 Å². The van der Waals surface area contributed by atoms with Crippen molar-refractivity contribution >= 4 is 12.0 Å². The van der Waals surface area contributed by atoms with Crippen LogP contribution in [0.15, 0.2) is 66.2 Å². The SMILES string of the molecule is COc1ccc(-n2c(C)cc(/C=C(/C#N)C(=O)NCC(O)COc3ccccc3)c2C)cc1. The highest BCUT2D eigenvalue weighted by Gasteiger charge is 2.15. The third-order valence-corrected chi connectivity index (χ3v) is 5.15. The van der Waals surface area contributed by atoms with Crippen LogP contribution in [0.1, 0.15) is 17.0 Å². The summed E-state index contributed by atoms with van der Waals surface area (Å²) in [7, 11) is 1.62. The van der Waals surface area contributed by atoms with E-state index in [-0.39, 0.29) is 18.7 Å². The average molecular weight is 446 g/mol. The number of ether oxygens (including phenoxy) is 2. The normalized spacial score (nSPS) is 12.0. The number of nitrogens with one attached hydrogen (secondary N) is 1. The Morgan fingerprint density at radius 1 is 1.15 bits per heavy atom. The molecule has 0 saturated carbocycles. The van der Waals surface area contributed by atoms with Gasteiger partial charge in [0.2, 0.25) is 0 Å². The van der Waals surface area contributed by atoms with Crippen LogP contribution in [0.4, 0.5) is 0 Å². The van der Waals surface area contributed by atoms with Gasteiger partial charge in [-0.3, -0.25) is 4.79 Å². The first-order valence-electron chi connectivity index (χ1n) is 10.5. The molecule has 1 atom stereocenters. The summed E-state index contributed by atoms with van der Waals surface area (Å²) in [6.07, 6.45) is 0.652. The molecule has 0 aliphatic heterocycles. The lowest BCUT2D eigenvalue weighted by Crippen LogP contribution is -2.35. The second kappa shape index (κ2) is 11.0. The lowest BCUT2D eigenvalue weighted by molar-refractivity contribution is -0.117. The van der Waals surface area contributed by atoms with Gasteiger partial charge in [-0.15, -0.1) is 0 Å². The Morgan fingerprint density at radius 3 is 2.48 bits per heavy atom. The topological polar surface area (TPSA) is 96.5 Å². The lowest BCUT2D eigenvalue weighted by atomic mass is 10.1. The predicted octanol–water partition coefficient (Wildman–Crippen LogP) is 3.57. The summed E-state index contributed by atoms with van der Waals surface area (Å²) in [4.78, 5) is 12.5. The molecule has 33 heavy (non-hydrogen) atoms. The molecule has 7 heteroatoms. The molecule has 0 aliphatic rings. The average Bonchev–Trinajstić information content (AvgIpc) is 3.12. The number of nitrogens with zero attached hydrogens (tertiary/aromatic N) is 2. The summed E-state index contributed by atoms with van der Waals surface area (Å²) in [5.74, 6) is 0.847. The van der Waals surface area contributed by atoms with E-state index in [4.69, 9.17) is 9.47 Å². The highest BCUT2D eigenvalue weighted by molar-refractivity contribution is 6.01. The van der Waals surface area contributed by atoms with Gasteiger partial charge in [0.1, 0.15) is 35.9 Å². The fourth-order valence-electron chi connectivity index (χ4n) is 3.44. The molecule has 3 rings (SSSR count). The van der Waals surface area contributed by atoms with Gasteiger partial charge in [0.15, 0.2) is 0 Å². The Balaban J connectivity index is 1.67. The fourth-order valence-corrected chi connectivity index (χ4v) is 3.44. The first-order valence-corrected chi connectivity index (χ1v) is 10.5. The minimum absolute atomic E-state index is 0.0267. The number of nitriles is 1. The molecule has 0 fully saturated rings. The zero-order valence-corrected chi connectivity index (χ0v) is 18.9. The van der Waals surface area contributed by atoms with Gasteiger partial charge in [0.25, 0.3) is 5.91 Å². The summed E-state index contributed by atoms with van der Waals surface area (Å²) < 4.78 is 12.7. The minimum atomic E-state index is -0.908. The summed E-state index contributed by atoms with van der Waals surface area (Å²) >= 11 is 0. The van der Waals surface area contributed by atoms with Gasteiger partial charge in [-0.2, -0.15) is 5.26 Å². The van der Waals surface area contributed by atoms with Crippen molar-refractivity contribution in [2.45, 2.75) is 20.0 Å². The molecular formula is C26H27N3O4. The van der Waals surface area contributed by atoms with E-state index in [1.165, 1.54) is 0 Å². The van der Waals surface area contributed by atoms with Crippen molar-refractivity contribution in [3.8, 4) is 23.3 Å². The van der Waals surface area contributed by atoms with Gasteiger partial charge in [-0.25, -0.2) is 0 Å². The number of aromatic nitrogens is 1. The third-order valence-electron chi connectivity index (χ3n) is 5.15. The standard InChI is InChI=1S/C26H27N3O4/c1-18-13-20(19(2)29(18)22-9-11-24(32-3)12-10-22)14-21(15-27)26(31)28-16-23(30)17-33-25-7-5-4-6-8-25/h4-14,23,30H,16-17H2,1-3H3,(H,28,31)/b21-14-. The van der Waals surface area contributed by atoms with Gasteiger partial charge in [-0.1, -0.05) is 18.2 Å². The Morgan fingerprint density at radius 2 is 1.85 bits per heavy atom. The number of methoxy groups -OCH3 is 1. The van der Waals surface area contributed by atoms with Crippen LogP contribution in [0.3, 0.4) is 0 Å². The van der Waals surface area contributed by atoms with E-state index in [0.717, 1.165) is 28.4 Å². The second-order valence-corrected chi connectivity index (χ2v) is 7.52. The molecule has 0 aliphatic carbocycles. The second-order valence-electron chi connectivity index (χ2n) is 7.52. The zero-order valence-electron chi connectivity index (χ0n) is 18.9. The molecule has 2 N–H and O–H groups in total. The maximum absolute atomic E-state index is 12.5. The first kappa shape index (κ1) is 23.6. The summed E-state index contributed by atoms with van der Waals surface area (Å²) in [6.45, 7) is 3.89. The molecule has 1 unspecified atom stereocenters. The summed E-state index contributed by atoms with van der Waals surface area (Å²) in [6, 6.07) is 20.6. The van der Waals surface area contributed by atoms with Crippen molar-refractivity contribution in [2.75, 3.05) is 20.3 Å². The number of benzene rings is 2. The van der Waals surface area contributed by atoms with Crippen molar-refractivity contribution in [1.82, 2.24) is 9.88 Å². The molecule has 0 saturated heterocycles. The highest BCUT2D eigenvalue weighted by atomic mass is 16.5. The maximum Gasteiger partial charge on any atom is 0.262 e. The van der Waals surface area contributed by atoms with E-state index in [1.54, 1.807) is 25.3 Å². The predicted molar refractivity (Wildman–Crippen MR) is 126 cm³/mol. The molecule has 0 radical (unpaired) electrons. The zero-order chi connectivity index (χ0) is 23.8. The van der Waals surface area contributed by atoms with Crippen molar-refractivity contribution in [3.05, 3.63) is 83.2 Å². The van der Waals surface area contributed by atoms with Gasteiger partial charge in [-0.05, 0) is 68.0 Å². The van der Waals surface area contributed by atoms with Crippen molar-refractivity contribution in [3.63, 3.8) is 0 Å². The molecule has 170 valence electrons. The number of para-hydroxylation sites is 1. The van der Waals surface area contributed by atoms with E-state index in [2.05, 4.69) is 5.32 Å². The number of hydrogen-bond donors (Lipinski definition) is 2. The molecule has 3 aromatic rings. The van der Waals surface area contributed by atoms with Gasteiger partial charge < -0.3 is 24.5 Å². The molecule has 1 amide bonds. The molecule has 0 spiro atoms. The lowest BCUT2D eigenvalue weighted by Gasteiger charge is -2.13. The third kappa shape index (κ3) is 6.03. The summed E-state index contributed by atoms with van der Waals surface area (Å²) in [5, 5.41) is 22.2. The Labute approximate surface area is 193 Å². The van der Waals surface area contributed by atoms with Crippen LogP contribution in [0.5, 0.6) is 11.5 Å². The molecular weight excluding hydrogens is 418 g/mol. The van der Waals surface area contributed by atoms with Crippen molar-refractivity contribution < 1.29 is 19.4 Å². The number of carbonyl (C=O) groups excluding carboxylic acids is 1. The van der Waals surface area contributed by atoms with Crippen LogP contribution in [0.25, 0.3) is 11.8 Å². The number of rotatable bonds is 9. The first-order chi connectivity index (χ1) is 15.9. The van der Waals surface area contributed by atoms with Crippen LogP contribution in [0, 0.1) is 25.2 Å². The van der Waals surface area contributed by atoms with E-state index in [0.29, 0.717) is 5.75 Å². The van der Waals surface area contributed by atoms with Gasteiger partial charge in [0, 0.05) is 23.6 Å². The molecule has 7 nitrogen and oxygen atoms in total. The molecule has 1 aromatic heterocycles. The maximum atomic E-state index is 12.5. The molecule has 0 bridgehead atoms. The highest BCUT2D eigenvalue weighted by Crippen LogP contribution is 2.24. The smallest absolute Gasteiger partial charge is 0.262 e. The van der Waals surface area contributed by atoms with Crippen LogP contribution in [-0.4, -0.2) is 41.9 Å². The fraction of sp³-hybridized carbons (Fsp3) is 0.231. The Kier molecular flexibility index (Phi) is 7.90. The number of carbonyl (C=O) groups is 1. The van der Waals surface area contributed by atoms with Crippen LogP contribution in [-0.2, 0) is 4.79 Å². The summed E-state index contributed by atoms with van der Waals surface area (Å²) in [5.41, 5.74) is 3.55. The van der Waals surface area contributed by atoms with Crippen molar-refractivity contribution in [1.29, 1.82) is 5.26 Å². The van der Waals surface area contributed by atoms with Gasteiger partial charge >= 0.3 is 0 Å². The van der Waals surface area contributed by atoms with Crippen LogP contribution < -0.4 is 14.8 Å². The largest absolute Gasteiger partial charge is 0.497 e. The number of amides is 1. The number of aliphatic hydroxyl groups excluding tert-OH is 1. The molecule has 1 heterocycles. The van der Waals surface area contributed by atoms with E-state index in [9.17, 15) is 15.2 Å². The number of hydrogen-bond acceptors (Lipinski definition) is 5. The molecule has 2 aromatic carbocycles.